The highest BCUT2D eigenvalue weighted by atomic mass is 35.5. The molecule has 90 valence electrons. The first-order chi connectivity index (χ1) is 7.44. The Kier molecular flexibility index (Phi) is 4.96. The lowest BCUT2D eigenvalue weighted by Gasteiger charge is -2.22. The van der Waals surface area contributed by atoms with Crippen LogP contribution in [0.25, 0.3) is 0 Å². The normalized spacial score (nSPS) is 11.8. The number of hydrogen-bond donors (Lipinski definition) is 1. The zero-order valence-electron chi connectivity index (χ0n) is 9.92. The molecule has 2 N–H and O–H groups in total. The summed E-state index contributed by atoms with van der Waals surface area (Å²) in [5.41, 5.74) is 6.26. The molecule has 16 heavy (non-hydrogen) atoms. The summed E-state index contributed by atoms with van der Waals surface area (Å²) in [5.74, 6) is 0.977. The van der Waals surface area contributed by atoms with E-state index in [0.717, 1.165) is 22.1 Å². The van der Waals surface area contributed by atoms with Crippen LogP contribution in [0.4, 0.5) is 5.69 Å². The summed E-state index contributed by atoms with van der Waals surface area (Å²) in [6, 6.07) is 5.61. The van der Waals surface area contributed by atoms with E-state index in [2.05, 4.69) is 13.8 Å². The zero-order chi connectivity index (χ0) is 12.2. The number of rotatable bonds is 5. The van der Waals surface area contributed by atoms with Gasteiger partial charge in [0.1, 0.15) is 0 Å². The van der Waals surface area contributed by atoms with E-state index in [0.29, 0.717) is 5.69 Å². The van der Waals surface area contributed by atoms with Crippen molar-refractivity contribution in [2.24, 2.45) is 0 Å². The number of ether oxygens (including phenoxy) is 1. The molecular formula is C12H18ClNOS. The predicted octanol–water partition coefficient (Wildman–Crippen LogP) is 3.83. The number of nitrogen functional groups attached to an aromatic ring is 1. The molecule has 0 saturated heterocycles. The Balaban J connectivity index is 2.49. The molecule has 0 fully saturated rings. The van der Waals surface area contributed by atoms with Gasteiger partial charge in [-0.25, -0.2) is 0 Å². The lowest BCUT2D eigenvalue weighted by molar-refractivity contribution is 0.0207. The molecule has 1 aromatic rings. The second kappa shape index (κ2) is 5.80. The Labute approximate surface area is 107 Å². The van der Waals surface area contributed by atoms with Crippen molar-refractivity contribution in [3.63, 3.8) is 0 Å². The molecule has 0 amide bonds. The van der Waals surface area contributed by atoms with Gasteiger partial charge in [0.25, 0.3) is 0 Å². The minimum atomic E-state index is -0.0761. The summed E-state index contributed by atoms with van der Waals surface area (Å²) in [5, 5.41) is 0.722. The maximum atomic E-state index is 6.08. The third kappa shape index (κ3) is 4.24. The number of benzene rings is 1. The van der Waals surface area contributed by atoms with Gasteiger partial charge in [-0.2, -0.15) is 0 Å². The Morgan fingerprint density at radius 3 is 2.69 bits per heavy atom. The van der Waals surface area contributed by atoms with Crippen LogP contribution in [0.3, 0.4) is 0 Å². The van der Waals surface area contributed by atoms with E-state index in [4.69, 9.17) is 22.1 Å². The van der Waals surface area contributed by atoms with Gasteiger partial charge in [0.15, 0.2) is 0 Å². The van der Waals surface area contributed by atoms with Gasteiger partial charge in [0.2, 0.25) is 0 Å². The number of nitrogens with two attached hydrogens (primary N) is 1. The molecular weight excluding hydrogens is 242 g/mol. The van der Waals surface area contributed by atoms with Crippen molar-refractivity contribution in [3.05, 3.63) is 23.2 Å². The van der Waals surface area contributed by atoms with Crippen LogP contribution in [0.2, 0.25) is 5.02 Å². The monoisotopic (exact) mass is 259 g/mol. The molecule has 1 rings (SSSR count). The minimum Gasteiger partial charge on any atom is -0.399 e. The van der Waals surface area contributed by atoms with Crippen LogP contribution in [0.5, 0.6) is 0 Å². The maximum absolute atomic E-state index is 6.08. The summed E-state index contributed by atoms with van der Waals surface area (Å²) in [4.78, 5) is 1.07. The molecule has 0 saturated carbocycles. The molecule has 0 aliphatic heterocycles. The summed E-state index contributed by atoms with van der Waals surface area (Å²) < 4.78 is 5.36. The van der Waals surface area contributed by atoms with Gasteiger partial charge < -0.3 is 10.5 Å². The molecule has 0 atom stereocenters. The Bertz CT molecular complexity index is 355. The summed E-state index contributed by atoms with van der Waals surface area (Å²) in [6.45, 7) is 4.16. The van der Waals surface area contributed by atoms with Crippen LogP contribution in [-0.4, -0.2) is 18.5 Å². The Morgan fingerprint density at radius 2 is 2.12 bits per heavy atom. The molecule has 2 nitrogen and oxygen atoms in total. The number of halogens is 1. The molecule has 0 aliphatic rings. The van der Waals surface area contributed by atoms with Crippen molar-refractivity contribution in [1.82, 2.24) is 0 Å². The lowest BCUT2D eigenvalue weighted by Crippen LogP contribution is -2.22. The molecule has 0 unspecified atom stereocenters. The summed E-state index contributed by atoms with van der Waals surface area (Å²) in [6.07, 6.45) is 0.981. The van der Waals surface area contributed by atoms with E-state index in [1.54, 1.807) is 24.9 Å². The van der Waals surface area contributed by atoms with Crippen molar-refractivity contribution >= 4 is 29.1 Å². The maximum Gasteiger partial charge on any atom is 0.0630 e. The van der Waals surface area contributed by atoms with Gasteiger partial charge in [-0.1, -0.05) is 11.6 Å². The van der Waals surface area contributed by atoms with Gasteiger partial charge in [0.05, 0.1) is 10.6 Å². The summed E-state index contributed by atoms with van der Waals surface area (Å²) in [7, 11) is 1.74. The van der Waals surface area contributed by atoms with Gasteiger partial charge in [-0.15, -0.1) is 11.8 Å². The highest BCUT2D eigenvalue weighted by Gasteiger charge is 2.15. The fourth-order valence-corrected chi connectivity index (χ4v) is 2.67. The molecule has 0 aliphatic carbocycles. The van der Waals surface area contributed by atoms with E-state index in [-0.39, 0.29) is 5.60 Å². The van der Waals surface area contributed by atoms with Crippen molar-refractivity contribution < 1.29 is 4.74 Å². The second-order valence-electron chi connectivity index (χ2n) is 4.25. The largest absolute Gasteiger partial charge is 0.399 e. The van der Waals surface area contributed by atoms with Gasteiger partial charge >= 0.3 is 0 Å². The number of thioether (sulfide) groups is 1. The minimum absolute atomic E-state index is 0.0761. The lowest BCUT2D eigenvalue weighted by atomic mass is 10.1. The molecule has 0 bridgehead atoms. The van der Waals surface area contributed by atoms with E-state index < -0.39 is 0 Å². The third-order valence-corrected chi connectivity index (χ3v) is 3.97. The standard InChI is InChI=1S/C12H18ClNOS/c1-12(2,15-3)6-7-16-11-5-4-9(14)8-10(11)13/h4-5,8H,6-7,14H2,1-3H3. The van der Waals surface area contributed by atoms with Gasteiger partial charge in [0, 0.05) is 23.4 Å². The topological polar surface area (TPSA) is 35.2 Å². The summed E-state index contributed by atoms with van der Waals surface area (Å²) >= 11 is 7.81. The first-order valence-corrected chi connectivity index (χ1v) is 6.54. The molecule has 1 aromatic carbocycles. The van der Waals surface area contributed by atoms with Crippen LogP contribution in [0.1, 0.15) is 20.3 Å². The predicted molar refractivity (Wildman–Crippen MR) is 72.3 cm³/mol. The molecule has 0 radical (unpaired) electrons. The van der Waals surface area contributed by atoms with Crippen LogP contribution in [0, 0.1) is 0 Å². The quantitative estimate of drug-likeness (QED) is 0.645. The average molecular weight is 260 g/mol. The van der Waals surface area contributed by atoms with Crippen molar-refractivity contribution in [2.75, 3.05) is 18.6 Å². The molecule has 4 heteroatoms. The van der Waals surface area contributed by atoms with Crippen LogP contribution in [-0.2, 0) is 4.74 Å². The Hall–Kier alpha value is -0.380. The number of hydrogen-bond acceptors (Lipinski definition) is 3. The van der Waals surface area contributed by atoms with E-state index in [1.165, 1.54) is 0 Å². The SMILES string of the molecule is COC(C)(C)CCSc1ccc(N)cc1Cl. The van der Waals surface area contributed by atoms with Crippen molar-refractivity contribution in [1.29, 1.82) is 0 Å². The van der Waals surface area contributed by atoms with Crippen LogP contribution < -0.4 is 5.73 Å². The average Bonchev–Trinajstić information content (AvgIpc) is 2.21. The first-order valence-electron chi connectivity index (χ1n) is 5.17. The third-order valence-electron chi connectivity index (χ3n) is 2.47. The second-order valence-corrected chi connectivity index (χ2v) is 5.80. The van der Waals surface area contributed by atoms with E-state index >= 15 is 0 Å². The highest BCUT2D eigenvalue weighted by Crippen LogP contribution is 2.30. The van der Waals surface area contributed by atoms with Crippen molar-refractivity contribution in [2.45, 2.75) is 30.8 Å². The molecule has 0 spiro atoms. The van der Waals surface area contributed by atoms with Crippen LogP contribution >= 0.6 is 23.4 Å². The Morgan fingerprint density at radius 1 is 1.44 bits per heavy atom. The van der Waals surface area contributed by atoms with E-state index in [1.807, 2.05) is 12.1 Å². The highest BCUT2D eigenvalue weighted by molar-refractivity contribution is 7.99. The first kappa shape index (κ1) is 13.7. The fraction of sp³-hybridized carbons (Fsp3) is 0.500. The number of anilines is 1. The molecule has 0 heterocycles. The van der Waals surface area contributed by atoms with Gasteiger partial charge in [-0.05, 0) is 38.5 Å². The smallest absolute Gasteiger partial charge is 0.0630 e. The molecule has 0 aromatic heterocycles. The van der Waals surface area contributed by atoms with Gasteiger partial charge in [-0.3, -0.25) is 0 Å². The van der Waals surface area contributed by atoms with Crippen molar-refractivity contribution in [3.8, 4) is 0 Å². The number of methoxy groups -OCH3 is 1. The zero-order valence-corrected chi connectivity index (χ0v) is 11.5. The fourth-order valence-electron chi connectivity index (χ4n) is 1.14. The van der Waals surface area contributed by atoms with Crippen LogP contribution in [0.15, 0.2) is 23.1 Å². The van der Waals surface area contributed by atoms with E-state index in [9.17, 15) is 0 Å².